The summed E-state index contributed by atoms with van der Waals surface area (Å²) < 4.78 is 21.5. The van der Waals surface area contributed by atoms with Crippen LogP contribution in [0.5, 0.6) is 17.2 Å². The Morgan fingerprint density at radius 2 is 1.81 bits per heavy atom. The Bertz CT molecular complexity index is 958. The lowest BCUT2D eigenvalue weighted by Gasteiger charge is -2.23. The second-order valence-corrected chi connectivity index (χ2v) is 7.09. The Morgan fingerprint density at radius 1 is 1.12 bits per heavy atom. The highest BCUT2D eigenvalue weighted by Gasteiger charge is 2.28. The molecule has 8 heteroatoms. The van der Waals surface area contributed by atoms with E-state index in [-0.39, 0.29) is 23.6 Å². The van der Waals surface area contributed by atoms with Crippen molar-refractivity contribution in [2.75, 3.05) is 7.11 Å². The van der Waals surface area contributed by atoms with Gasteiger partial charge in [-0.3, -0.25) is 14.4 Å². The molecule has 3 atom stereocenters. The van der Waals surface area contributed by atoms with Gasteiger partial charge in [0.2, 0.25) is 5.75 Å². The second-order valence-electron chi connectivity index (χ2n) is 7.09. The molecule has 0 N–H and O–H groups in total. The molecule has 0 aliphatic rings. The molecule has 0 aliphatic heterocycles. The Balaban J connectivity index is 2.06. The third kappa shape index (κ3) is 6.66. The number of methoxy groups -OCH3 is 1. The van der Waals surface area contributed by atoms with Crippen LogP contribution in [0.25, 0.3) is 0 Å². The molecule has 1 heterocycles. The van der Waals surface area contributed by atoms with Crippen LogP contribution >= 0.6 is 0 Å². The van der Waals surface area contributed by atoms with E-state index in [1.807, 2.05) is 18.2 Å². The van der Waals surface area contributed by atoms with Crippen molar-refractivity contribution < 1.29 is 33.3 Å². The number of benzene rings is 1. The lowest BCUT2D eigenvalue weighted by Crippen LogP contribution is -2.34. The zero-order valence-electron chi connectivity index (χ0n) is 18.6. The first-order valence-electron chi connectivity index (χ1n) is 10.1. The number of ether oxygens (including phenoxy) is 4. The summed E-state index contributed by atoms with van der Waals surface area (Å²) in [7, 11) is 1.38. The number of para-hydroxylation sites is 1. The van der Waals surface area contributed by atoms with Crippen molar-refractivity contribution in [1.29, 1.82) is 0 Å². The van der Waals surface area contributed by atoms with Gasteiger partial charge in [-0.2, -0.15) is 0 Å². The Labute approximate surface area is 187 Å². The summed E-state index contributed by atoms with van der Waals surface area (Å²) in [5.74, 6) is -1.76. The minimum Gasteiger partial charge on any atom is -0.493 e. The fourth-order valence-electron chi connectivity index (χ4n) is 2.86. The molecule has 32 heavy (non-hydrogen) atoms. The first-order valence-corrected chi connectivity index (χ1v) is 10.1. The maximum Gasteiger partial charge on any atom is 0.309 e. The molecule has 0 radical (unpaired) electrons. The molecule has 2 rings (SSSR count). The lowest BCUT2D eigenvalue weighted by atomic mass is 10.0. The standard InChI is InChI=1S/C24H27NO7/c1-6-20(16(3)30-18-10-8-7-9-11-18)32-24(28)15(2)14-19(27)22-23(31-17(4)26)21(29-5)12-13-25-22/h6-13,15-16,20H,1,14H2,2-5H3/t15-,16+,20-/m1/s1. The second kappa shape index (κ2) is 11.6. The van der Waals surface area contributed by atoms with Crippen molar-refractivity contribution >= 4 is 17.7 Å². The predicted molar refractivity (Wildman–Crippen MR) is 117 cm³/mol. The number of Topliss-reactive ketones (excluding diaryl/α,β-unsaturated/α-hetero) is 1. The predicted octanol–water partition coefficient (Wildman–Crippen LogP) is 3.79. The van der Waals surface area contributed by atoms with Gasteiger partial charge in [0.25, 0.3) is 0 Å². The molecule has 2 aromatic rings. The first kappa shape index (κ1) is 24.6. The van der Waals surface area contributed by atoms with Crippen LogP contribution in [-0.2, 0) is 14.3 Å². The van der Waals surface area contributed by atoms with Crippen LogP contribution in [0.3, 0.4) is 0 Å². The van der Waals surface area contributed by atoms with E-state index in [4.69, 9.17) is 18.9 Å². The SMILES string of the molecule is C=C[C@@H](OC(=O)[C@H](C)CC(=O)c1nccc(OC)c1OC(C)=O)[C@H](C)Oc1ccccc1. The molecule has 8 nitrogen and oxygen atoms in total. The molecular formula is C24H27NO7. The molecular weight excluding hydrogens is 414 g/mol. The fraction of sp³-hybridized carbons (Fsp3) is 0.333. The van der Waals surface area contributed by atoms with Crippen molar-refractivity contribution in [2.24, 2.45) is 5.92 Å². The third-order valence-electron chi connectivity index (χ3n) is 4.50. The number of aromatic nitrogens is 1. The van der Waals surface area contributed by atoms with Gasteiger partial charge >= 0.3 is 11.9 Å². The number of pyridine rings is 1. The van der Waals surface area contributed by atoms with Crippen molar-refractivity contribution in [2.45, 2.75) is 39.4 Å². The van der Waals surface area contributed by atoms with Crippen LogP contribution in [0.4, 0.5) is 0 Å². The lowest BCUT2D eigenvalue weighted by molar-refractivity contribution is -0.154. The maximum atomic E-state index is 12.8. The molecule has 0 unspecified atom stereocenters. The molecule has 0 amide bonds. The minimum absolute atomic E-state index is 0.0816. The molecule has 170 valence electrons. The van der Waals surface area contributed by atoms with E-state index in [0.29, 0.717) is 5.75 Å². The van der Waals surface area contributed by atoms with E-state index in [1.165, 1.54) is 32.4 Å². The highest BCUT2D eigenvalue weighted by atomic mass is 16.6. The number of ketones is 1. The minimum atomic E-state index is -0.785. The normalized spacial score (nSPS) is 13.2. The summed E-state index contributed by atoms with van der Waals surface area (Å²) in [6, 6.07) is 10.6. The highest BCUT2D eigenvalue weighted by molar-refractivity contribution is 5.99. The third-order valence-corrected chi connectivity index (χ3v) is 4.50. The van der Waals surface area contributed by atoms with Crippen LogP contribution in [0, 0.1) is 5.92 Å². The van der Waals surface area contributed by atoms with E-state index in [0.717, 1.165) is 0 Å². The van der Waals surface area contributed by atoms with E-state index >= 15 is 0 Å². The van der Waals surface area contributed by atoms with Crippen molar-refractivity contribution in [3.63, 3.8) is 0 Å². The van der Waals surface area contributed by atoms with Gasteiger partial charge < -0.3 is 18.9 Å². The van der Waals surface area contributed by atoms with Crippen LogP contribution in [0.2, 0.25) is 0 Å². The number of hydrogen-bond acceptors (Lipinski definition) is 8. The molecule has 0 spiro atoms. The topological polar surface area (TPSA) is 101 Å². The quantitative estimate of drug-likeness (QED) is 0.295. The van der Waals surface area contributed by atoms with E-state index < -0.39 is 35.8 Å². The molecule has 0 saturated carbocycles. The van der Waals surface area contributed by atoms with Gasteiger partial charge in [0.1, 0.15) is 11.9 Å². The highest BCUT2D eigenvalue weighted by Crippen LogP contribution is 2.31. The summed E-state index contributed by atoms with van der Waals surface area (Å²) in [5.41, 5.74) is -0.0970. The average Bonchev–Trinajstić information content (AvgIpc) is 2.77. The first-order chi connectivity index (χ1) is 15.3. The number of carbonyl (C=O) groups excluding carboxylic acids is 3. The molecule has 0 bridgehead atoms. The van der Waals surface area contributed by atoms with Crippen molar-refractivity contribution in [3.05, 3.63) is 60.9 Å². The Hall–Kier alpha value is -3.68. The average molecular weight is 441 g/mol. The summed E-state index contributed by atoms with van der Waals surface area (Å²) in [6.45, 7) is 8.23. The van der Waals surface area contributed by atoms with Crippen molar-refractivity contribution in [1.82, 2.24) is 4.98 Å². The van der Waals surface area contributed by atoms with Crippen LogP contribution in [0.15, 0.2) is 55.3 Å². The Morgan fingerprint density at radius 3 is 2.41 bits per heavy atom. The maximum absolute atomic E-state index is 12.8. The van der Waals surface area contributed by atoms with Crippen LogP contribution < -0.4 is 14.2 Å². The number of hydrogen-bond donors (Lipinski definition) is 0. The number of nitrogens with zero attached hydrogens (tertiary/aromatic N) is 1. The number of esters is 2. The molecule has 0 fully saturated rings. The van der Waals surface area contributed by atoms with Crippen molar-refractivity contribution in [3.8, 4) is 17.2 Å². The fourth-order valence-corrected chi connectivity index (χ4v) is 2.86. The monoisotopic (exact) mass is 441 g/mol. The zero-order valence-corrected chi connectivity index (χ0v) is 18.6. The number of carbonyl (C=O) groups is 3. The smallest absolute Gasteiger partial charge is 0.309 e. The summed E-state index contributed by atoms with van der Waals surface area (Å²) in [5, 5.41) is 0. The summed E-state index contributed by atoms with van der Waals surface area (Å²) >= 11 is 0. The largest absolute Gasteiger partial charge is 0.493 e. The zero-order chi connectivity index (χ0) is 23.7. The van der Waals surface area contributed by atoms with Gasteiger partial charge in [0.05, 0.1) is 13.0 Å². The van der Waals surface area contributed by atoms with Gasteiger partial charge in [-0.15, -0.1) is 0 Å². The van der Waals surface area contributed by atoms with Gasteiger partial charge in [0.15, 0.2) is 23.3 Å². The summed E-state index contributed by atoms with van der Waals surface area (Å²) in [4.78, 5) is 40.8. The van der Waals surface area contributed by atoms with E-state index in [9.17, 15) is 14.4 Å². The molecule has 0 saturated heterocycles. The van der Waals surface area contributed by atoms with Crippen LogP contribution in [0.1, 0.15) is 37.7 Å². The number of rotatable bonds is 11. The van der Waals surface area contributed by atoms with Gasteiger partial charge in [-0.25, -0.2) is 4.98 Å². The van der Waals surface area contributed by atoms with Gasteiger partial charge in [-0.05, 0) is 25.1 Å². The van der Waals surface area contributed by atoms with E-state index in [1.54, 1.807) is 26.0 Å². The Kier molecular flexibility index (Phi) is 8.95. The molecule has 1 aromatic heterocycles. The molecule has 0 aliphatic carbocycles. The van der Waals surface area contributed by atoms with Gasteiger partial charge in [-0.1, -0.05) is 31.7 Å². The van der Waals surface area contributed by atoms with E-state index in [2.05, 4.69) is 11.6 Å². The molecule has 1 aromatic carbocycles. The summed E-state index contributed by atoms with van der Waals surface area (Å²) in [6.07, 6.45) is 1.43. The van der Waals surface area contributed by atoms with Gasteiger partial charge in [0, 0.05) is 25.6 Å². The van der Waals surface area contributed by atoms with Crippen LogP contribution in [-0.4, -0.2) is 42.0 Å².